The van der Waals surface area contributed by atoms with E-state index in [9.17, 15) is 15.3 Å². The minimum Gasteiger partial charge on any atom is -0.388 e. The third kappa shape index (κ3) is 10.7. The van der Waals surface area contributed by atoms with E-state index in [-0.39, 0.29) is 81.4 Å². The van der Waals surface area contributed by atoms with Crippen molar-refractivity contribution in [2.45, 2.75) is 204 Å². The number of rotatable bonds is 0. The van der Waals surface area contributed by atoms with Crippen LogP contribution in [0.4, 0.5) is 0 Å². The van der Waals surface area contributed by atoms with Crippen LogP contribution < -0.4 is 0 Å². The maximum atomic E-state index is 11.0. The summed E-state index contributed by atoms with van der Waals surface area (Å²) in [6, 6.07) is 0. The van der Waals surface area contributed by atoms with Gasteiger partial charge in [0.2, 0.25) is 0 Å². The van der Waals surface area contributed by atoms with E-state index in [0.29, 0.717) is 0 Å². The van der Waals surface area contributed by atoms with Gasteiger partial charge in [-0.25, -0.2) is 0 Å². The molecular weight excluding hydrogens is 605 g/mol. The Morgan fingerprint density at radius 2 is 0.233 bits per heavy atom. The Morgan fingerprint density at radius 3 is 0.233 bits per heavy atom. The van der Waals surface area contributed by atoms with Crippen LogP contribution in [0.1, 0.15) is 187 Å². The third-order valence-electron chi connectivity index (χ3n) is 9.77. The predicted molar refractivity (Wildman–Crippen MR) is 190 cm³/mol. The van der Waals surface area contributed by atoms with E-state index in [1.54, 1.807) is 0 Å². The van der Waals surface area contributed by atoms with Crippen LogP contribution in [-0.4, -0.2) is 32.1 Å². The molecule has 0 aromatic rings. The normalized spacial score (nSPS) is 15.5. The van der Waals surface area contributed by atoms with E-state index in [1.165, 1.54) is 0 Å². The molecule has 3 N–H and O–H groups in total. The number of hydrogen-bond donors (Lipinski definition) is 3. The molecule has 0 saturated heterocycles. The second-order valence-corrected chi connectivity index (χ2v) is 22.4. The average molecular weight is 690 g/mol. The molecule has 0 aromatic carbocycles. The molecule has 0 atom stereocenters. The van der Waals surface area contributed by atoms with Gasteiger partial charge in [0.25, 0.3) is 0 Å². The van der Waals surface area contributed by atoms with Gasteiger partial charge in [0.15, 0.2) is 0 Å². The van der Waals surface area contributed by atoms with Crippen molar-refractivity contribution in [3.8, 4) is 0 Å². The van der Waals surface area contributed by atoms with Gasteiger partial charge in [-0.05, 0) is 48.7 Å². The zero-order valence-corrected chi connectivity index (χ0v) is 37.8. The summed E-state index contributed by atoms with van der Waals surface area (Å²) in [5, 5.41) is 33.1. The van der Waals surface area contributed by atoms with Gasteiger partial charge in [-0.2, -0.15) is 0 Å². The van der Waals surface area contributed by atoms with E-state index in [2.05, 4.69) is 187 Å². The minimum atomic E-state index is -0.687. The summed E-state index contributed by atoms with van der Waals surface area (Å²) in [6.07, 6.45) is 0. The molecule has 43 heavy (non-hydrogen) atoms. The molecule has 0 aromatic heterocycles. The van der Waals surface area contributed by atoms with Crippen molar-refractivity contribution in [2.75, 3.05) is 0 Å². The fraction of sp³-hybridized carbons (Fsp3) is 1.00. The molecular formula is C39H84O3Y. The molecule has 0 amide bonds. The summed E-state index contributed by atoms with van der Waals surface area (Å²) in [7, 11) is 0. The average Bonchev–Trinajstić information content (AvgIpc) is 2.58. The van der Waals surface area contributed by atoms with E-state index < -0.39 is 16.8 Å². The first-order valence-corrected chi connectivity index (χ1v) is 16.4. The van der Waals surface area contributed by atoms with Crippen LogP contribution in [0.2, 0.25) is 0 Å². The first-order valence-electron chi connectivity index (χ1n) is 16.4. The van der Waals surface area contributed by atoms with E-state index in [4.69, 9.17) is 0 Å². The van der Waals surface area contributed by atoms with Gasteiger partial charge < -0.3 is 15.3 Å². The van der Waals surface area contributed by atoms with Gasteiger partial charge in [0.05, 0.1) is 16.8 Å². The molecule has 0 unspecified atom stereocenters. The summed E-state index contributed by atoms with van der Waals surface area (Å²) in [4.78, 5) is 0. The Hall–Kier alpha value is 0.984. The second kappa shape index (κ2) is 14.2. The largest absolute Gasteiger partial charge is 0.388 e. The maximum Gasteiger partial charge on any atom is 0.0791 e. The fourth-order valence-corrected chi connectivity index (χ4v) is 10.1. The van der Waals surface area contributed by atoms with Crippen LogP contribution in [0.15, 0.2) is 0 Å². The summed E-state index contributed by atoms with van der Waals surface area (Å²) >= 11 is 0. The standard InChI is InChI=1S/3C13H28O.Y/c3*1-10(2,3)13(14,11(4,5)6)12(7,8)9;/h3*14H,1-9H3;. The Morgan fingerprint density at radius 1 is 0.186 bits per heavy atom. The molecule has 1 radical (unpaired) electrons. The summed E-state index contributed by atoms with van der Waals surface area (Å²) in [5.41, 5.74) is -3.16. The first kappa shape index (κ1) is 50.8. The van der Waals surface area contributed by atoms with Crippen molar-refractivity contribution in [1.82, 2.24) is 0 Å². The van der Waals surface area contributed by atoms with Crippen molar-refractivity contribution in [3.63, 3.8) is 0 Å². The summed E-state index contributed by atoms with van der Waals surface area (Å²) in [5.74, 6) is 0. The minimum absolute atomic E-state index is 0. The van der Waals surface area contributed by atoms with Gasteiger partial charge in [-0.1, -0.05) is 187 Å². The van der Waals surface area contributed by atoms with E-state index in [1.807, 2.05) is 0 Å². The van der Waals surface area contributed by atoms with Crippen molar-refractivity contribution >= 4 is 0 Å². The van der Waals surface area contributed by atoms with Gasteiger partial charge in [-0.15, -0.1) is 0 Å². The molecule has 0 bridgehead atoms. The predicted octanol–water partition coefficient (Wildman–Crippen LogP) is 11.6. The molecule has 0 spiro atoms. The Kier molecular flexibility index (Phi) is 16.8. The van der Waals surface area contributed by atoms with Crippen LogP contribution in [-0.2, 0) is 32.7 Å². The van der Waals surface area contributed by atoms with E-state index >= 15 is 0 Å². The SMILES string of the molecule is CC(C)(C)C(O)(C(C)(C)C)C(C)(C)C.CC(C)(C)C(O)(C(C)(C)C)C(C)(C)C.CC(C)(C)C(O)(C(C)(C)C)C(C)(C)C.[Y]. The van der Waals surface area contributed by atoms with Crippen molar-refractivity contribution in [3.05, 3.63) is 0 Å². The van der Waals surface area contributed by atoms with Gasteiger partial charge in [-0.3, -0.25) is 0 Å². The molecule has 0 fully saturated rings. The zero-order chi connectivity index (χ0) is 36.0. The fourth-order valence-electron chi connectivity index (χ4n) is 10.1. The second-order valence-electron chi connectivity index (χ2n) is 22.4. The van der Waals surface area contributed by atoms with Crippen molar-refractivity contribution < 1.29 is 48.0 Å². The van der Waals surface area contributed by atoms with Crippen LogP contribution in [0.25, 0.3) is 0 Å². The molecule has 0 aliphatic heterocycles. The number of aliphatic hydroxyl groups is 3. The molecule has 261 valence electrons. The summed E-state index contributed by atoms with van der Waals surface area (Å²) in [6.45, 7) is 57.1. The Balaban J connectivity index is -0.000000262. The maximum absolute atomic E-state index is 11.0. The molecule has 0 aliphatic carbocycles. The van der Waals surface area contributed by atoms with Crippen molar-refractivity contribution in [2.24, 2.45) is 48.7 Å². The van der Waals surface area contributed by atoms with Gasteiger partial charge in [0.1, 0.15) is 0 Å². The van der Waals surface area contributed by atoms with Crippen LogP contribution in [0.3, 0.4) is 0 Å². The molecule has 0 heterocycles. The van der Waals surface area contributed by atoms with Crippen LogP contribution in [0.5, 0.6) is 0 Å². The number of hydrogen-bond acceptors (Lipinski definition) is 3. The van der Waals surface area contributed by atoms with Crippen molar-refractivity contribution in [1.29, 1.82) is 0 Å². The summed E-state index contributed by atoms with van der Waals surface area (Å²) < 4.78 is 0. The van der Waals surface area contributed by atoms with E-state index in [0.717, 1.165) is 0 Å². The Labute approximate surface area is 298 Å². The first-order chi connectivity index (χ1) is 17.2. The molecule has 0 saturated carbocycles. The molecule has 0 aliphatic rings. The smallest absolute Gasteiger partial charge is 0.0791 e. The quantitative estimate of drug-likeness (QED) is 0.237. The molecule has 0 rings (SSSR count). The topological polar surface area (TPSA) is 60.7 Å². The van der Waals surface area contributed by atoms with Gasteiger partial charge >= 0.3 is 0 Å². The van der Waals surface area contributed by atoms with Gasteiger partial charge in [0, 0.05) is 32.7 Å². The molecule has 3 nitrogen and oxygen atoms in total. The third-order valence-corrected chi connectivity index (χ3v) is 9.77. The van der Waals surface area contributed by atoms with Crippen LogP contribution >= 0.6 is 0 Å². The monoisotopic (exact) mass is 690 g/mol. The molecule has 4 heteroatoms. The Bertz CT molecular complexity index is 597. The zero-order valence-electron chi connectivity index (χ0n) is 34.9. The van der Waals surface area contributed by atoms with Crippen LogP contribution in [0, 0.1) is 48.7 Å².